The van der Waals surface area contributed by atoms with Crippen LogP contribution in [0.2, 0.25) is 0 Å². The number of amides is 1. The zero-order valence-corrected chi connectivity index (χ0v) is 8.75. The van der Waals surface area contributed by atoms with Crippen molar-refractivity contribution < 1.29 is 14.7 Å². The van der Waals surface area contributed by atoms with Crippen LogP contribution in [0.5, 0.6) is 0 Å². The highest BCUT2D eigenvalue weighted by molar-refractivity contribution is 5.82. The van der Waals surface area contributed by atoms with Gasteiger partial charge in [0.05, 0.1) is 6.42 Å². The van der Waals surface area contributed by atoms with Crippen LogP contribution in [0.1, 0.15) is 32.6 Å². The Labute approximate surface area is 88.7 Å². The molecule has 0 aromatic carbocycles. The average Bonchev–Trinajstić information content (AvgIpc) is 2.18. The molecule has 0 atom stereocenters. The number of allylic oxidation sites excluding steroid dienone is 3. The predicted molar refractivity (Wildman–Crippen MR) is 56.1 cm³/mol. The topological polar surface area (TPSA) is 66.4 Å². The van der Waals surface area contributed by atoms with Crippen LogP contribution in [0.3, 0.4) is 0 Å². The van der Waals surface area contributed by atoms with E-state index in [1.165, 1.54) is 0 Å². The van der Waals surface area contributed by atoms with Crippen molar-refractivity contribution in [2.45, 2.75) is 32.6 Å². The fourth-order valence-electron chi connectivity index (χ4n) is 1.36. The number of hydrogen-bond donors (Lipinski definition) is 2. The maximum Gasteiger partial charge on any atom is 0.303 e. The van der Waals surface area contributed by atoms with Gasteiger partial charge in [0, 0.05) is 12.1 Å². The van der Waals surface area contributed by atoms with Crippen molar-refractivity contribution in [1.29, 1.82) is 0 Å². The van der Waals surface area contributed by atoms with Crippen LogP contribution in [-0.4, -0.2) is 17.0 Å². The molecule has 82 valence electrons. The van der Waals surface area contributed by atoms with Gasteiger partial charge in [0.25, 0.3) is 0 Å². The second-order valence-corrected chi connectivity index (χ2v) is 3.58. The lowest BCUT2D eigenvalue weighted by Gasteiger charge is -2.13. The molecule has 1 aliphatic rings. The molecule has 0 aromatic rings. The molecule has 0 radical (unpaired) electrons. The first-order chi connectivity index (χ1) is 7.09. The number of carbonyl (C=O) groups is 2. The Morgan fingerprint density at radius 3 is 2.80 bits per heavy atom. The molecule has 0 unspecified atom stereocenters. The van der Waals surface area contributed by atoms with Gasteiger partial charge in [-0.05, 0) is 31.4 Å². The molecule has 0 bridgehead atoms. The minimum Gasteiger partial charge on any atom is -0.481 e. The Hall–Kier alpha value is -1.58. The molecule has 1 rings (SSSR count). The summed E-state index contributed by atoms with van der Waals surface area (Å²) < 4.78 is 0. The van der Waals surface area contributed by atoms with Crippen molar-refractivity contribution in [2.24, 2.45) is 0 Å². The summed E-state index contributed by atoms with van der Waals surface area (Å²) in [6.45, 7) is 1.97. The summed E-state index contributed by atoms with van der Waals surface area (Å²) >= 11 is 0. The normalized spacial score (nSPS) is 15.3. The molecule has 0 spiro atoms. The smallest absolute Gasteiger partial charge is 0.303 e. The standard InChI is InChI=1S/C11H15NO3/c1-8-4-2-3-5-9(8)12-10(13)6-7-11(14)15/h3,5H,2,4,6-7H2,1H3,(H,12,13)(H,14,15). The molecule has 0 aliphatic heterocycles. The van der Waals surface area contributed by atoms with E-state index in [2.05, 4.69) is 5.32 Å². The van der Waals surface area contributed by atoms with Crippen LogP contribution in [0, 0.1) is 0 Å². The van der Waals surface area contributed by atoms with Crippen molar-refractivity contribution in [1.82, 2.24) is 5.32 Å². The molecule has 15 heavy (non-hydrogen) atoms. The van der Waals surface area contributed by atoms with Gasteiger partial charge in [0.1, 0.15) is 0 Å². The number of carbonyl (C=O) groups excluding carboxylic acids is 1. The third-order valence-electron chi connectivity index (χ3n) is 2.27. The third-order valence-corrected chi connectivity index (χ3v) is 2.27. The Bertz CT molecular complexity index is 329. The number of carboxylic acid groups (broad SMARTS) is 1. The summed E-state index contributed by atoms with van der Waals surface area (Å²) in [6, 6.07) is 0. The number of hydrogen-bond acceptors (Lipinski definition) is 2. The summed E-state index contributed by atoms with van der Waals surface area (Å²) in [5.74, 6) is -1.19. The van der Waals surface area contributed by atoms with E-state index in [0.29, 0.717) is 0 Å². The second-order valence-electron chi connectivity index (χ2n) is 3.58. The van der Waals surface area contributed by atoms with Gasteiger partial charge in [-0.2, -0.15) is 0 Å². The van der Waals surface area contributed by atoms with Crippen LogP contribution < -0.4 is 5.32 Å². The lowest BCUT2D eigenvalue weighted by atomic mass is 10.0. The van der Waals surface area contributed by atoms with E-state index in [9.17, 15) is 9.59 Å². The largest absolute Gasteiger partial charge is 0.481 e. The van der Waals surface area contributed by atoms with Crippen molar-refractivity contribution >= 4 is 11.9 Å². The summed E-state index contributed by atoms with van der Waals surface area (Å²) in [7, 11) is 0. The van der Waals surface area contributed by atoms with E-state index >= 15 is 0 Å². The van der Waals surface area contributed by atoms with Crippen LogP contribution in [-0.2, 0) is 9.59 Å². The molecule has 0 saturated carbocycles. The lowest BCUT2D eigenvalue weighted by molar-refractivity contribution is -0.138. The molecular formula is C11H15NO3. The monoisotopic (exact) mass is 209 g/mol. The molecule has 2 N–H and O–H groups in total. The van der Waals surface area contributed by atoms with Crippen LogP contribution in [0.25, 0.3) is 0 Å². The zero-order valence-electron chi connectivity index (χ0n) is 8.75. The molecule has 4 heteroatoms. The lowest BCUT2D eigenvalue weighted by Crippen LogP contribution is -2.24. The molecule has 1 aliphatic carbocycles. The van der Waals surface area contributed by atoms with Crippen LogP contribution in [0.15, 0.2) is 23.4 Å². The molecule has 0 heterocycles. The van der Waals surface area contributed by atoms with Crippen molar-refractivity contribution in [3.63, 3.8) is 0 Å². The minimum atomic E-state index is -0.949. The highest BCUT2D eigenvalue weighted by Gasteiger charge is 2.09. The molecule has 1 amide bonds. The first-order valence-electron chi connectivity index (χ1n) is 4.97. The SMILES string of the molecule is CC1=C(NC(=O)CCC(=O)O)C=CCC1. The number of rotatable bonds is 4. The Morgan fingerprint density at radius 2 is 2.20 bits per heavy atom. The maximum absolute atomic E-state index is 11.3. The van der Waals surface area contributed by atoms with Crippen LogP contribution >= 0.6 is 0 Å². The molecule has 0 aromatic heterocycles. The average molecular weight is 209 g/mol. The van der Waals surface area contributed by atoms with E-state index in [-0.39, 0.29) is 18.7 Å². The minimum absolute atomic E-state index is 0.0277. The number of carboxylic acids is 1. The molecule has 0 saturated heterocycles. The number of aliphatic carboxylic acids is 1. The first-order valence-corrected chi connectivity index (χ1v) is 4.97. The quantitative estimate of drug-likeness (QED) is 0.738. The highest BCUT2D eigenvalue weighted by atomic mass is 16.4. The highest BCUT2D eigenvalue weighted by Crippen LogP contribution is 2.16. The maximum atomic E-state index is 11.3. The van der Waals surface area contributed by atoms with E-state index in [0.717, 1.165) is 24.1 Å². The van der Waals surface area contributed by atoms with E-state index in [1.807, 2.05) is 19.1 Å². The van der Waals surface area contributed by atoms with Crippen molar-refractivity contribution in [3.8, 4) is 0 Å². The predicted octanol–water partition coefficient (Wildman–Crippen LogP) is 1.59. The van der Waals surface area contributed by atoms with Gasteiger partial charge in [-0.25, -0.2) is 0 Å². The summed E-state index contributed by atoms with van der Waals surface area (Å²) in [5.41, 5.74) is 1.96. The summed E-state index contributed by atoms with van der Waals surface area (Å²) in [6.07, 6.45) is 5.73. The van der Waals surface area contributed by atoms with Gasteiger partial charge in [0.2, 0.25) is 5.91 Å². The number of nitrogens with one attached hydrogen (secondary N) is 1. The summed E-state index contributed by atoms with van der Waals surface area (Å²) in [5, 5.41) is 11.1. The fourth-order valence-corrected chi connectivity index (χ4v) is 1.36. The van der Waals surface area contributed by atoms with Gasteiger partial charge in [0.15, 0.2) is 0 Å². The van der Waals surface area contributed by atoms with Gasteiger partial charge in [-0.3, -0.25) is 9.59 Å². The Morgan fingerprint density at radius 1 is 1.47 bits per heavy atom. The van der Waals surface area contributed by atoms with Crippen LogP contribution in [0.4, 0.5) is 0 Å². The second kappa shape index (κ2) is 5.34. The summed E-state index contributed by atoms with van der Waals surface area (Å²) in [4.78, 5) is 21.6. The van der Waals surface area contributed by atoms with E-state index in [1.54, 1.807) is 0 Å². The zero-order chi connectivity index (χ0) is 11.3. The van der Waals surface area contributed by atoms with Crippen molar-refractivity contribution in [2.75, 3.05) is 0 Å². The Balaban J connectivity index is 2.44. The van der Waals surface area contributed by atoms with Gasteiger partial charge < -0.3 is 10.4 Å². The fraction of sp³-hybridized carbons (Fsp3) is 0.455. The molecular weight excluding hydrogens is 194 g/mol. The third kappa shape index (κ3) is 3.97. The van der Waals surface area contributed by atoms with E-state index < -0.39 is 5.97 Å². The Kier molecular flexibility index (Phi) is 4.09. The van der Waals surface area contributed by atoms with E-state index in [4.69, 9.17) is 5.11 Å². The van der Waals surface area contributed by atoms with Gasteiger partial charge >= 0.3 is 5.97 Å². The van der Waals surface area contributed by atoms with Gasteiger partial charge in [-0.1, -0.05) is 6.08 Å². The molecule has 4 nitrogen and oxygen atoms in total. The van der Waals surface area contributed by atoms with Crippen molar-refractivity contribution in [3.05, 3.63) is 23.4 Å². The first kappa shape index (κ1) is 11.5. The molecule has 0 fully saturated rings. The van der Waals surface area contributed by atoms with Gasteiger partial charge in [-0.15, -0.1) is 0 Å².